The molecule has 0 spiro atoms. The summed E-state index contributed by atoms with van der Waals surface area (Å²) in [6.45, 7) is 2.13. The Morgan fingerprint density at radius 2 is 1.81 bits per heavy atom. The Morgan fingerprint density at radius 1 is 1.19 bits per heavy atom. The first-order chi connectivity index (χ1) is 7.74. The van der Waals surface area contributed by atoms with Gasteiger partial charge in [-0.1, -0.05) is 22.0 Å². The minimum atomic E-state index is 0.745. The van der Waals surface area contributed by atoms with Gasteiger partial charge >= 0.3 is 0 Å². The highest BCUT2D eigenvalue weighted by Crippen LogP contribution is 2.46. The van der Waals surface area contributed by atoms with Crippen molar-refractivity contribution in [3.05, 3.63) is 28.2 Å². The first kappa shape index (κ1) is 10.6. The van der Waals surface area contributed by atoms with Crippen molar-refractivity contribution in [3.8, 4) is 0 Å². The lowest BCUT2D eigenvalue weighted by Gasteiger charge is -2.19. The Hall–Kier alpha value is -0.500. The van der Waals surface area contributed by atoms with Crippen LogP contribution in [0.5, 0.6) is 0 Å². The topological polar surface area (TPSA) is 12.0 Å². The van der Waals surface area contributed by atoms with E-state index in [0.29, 0.717) is 0 Å². The molecule has 0 unspecified atom stereocenters. The van der Waals surface area contributed by atoms with E-state index in [2.05, 4.69) is 46.4 Å². The van der Waals surface area contributed by atoms with Crippen LogP contribution < -0.4 is 5.32 Å². The van der Waals surface area contributed by atoms with Gasteiger partial charge in [0.15, 0.2) is 0 Å². The Labute approximate surface area is 106 Å². The van der Waals surface area contributed by atoms with Crippen LogP contribution in [0.4, 0.5) is 5.69 Å². The van der Waals surface area contributed by atoms with E-state index in [1.165, 1.54) is 41.4 Å². The lowest BCUT2D eigenvalue weighted by atomic mass is 10.1. The highest BCUT2D eigenvalue weighted by atomic mass is 79.9. The minimum absolute atomic E-state index is 0.745. The fourth-order valence-corrected chi connectivity index (χ4v) is 2.79. The summed E-state index contributed by atoms with van der Waals surface area (Å²) in [5, 5.41) is 3.74. The Bertz CT molecular complexity index is 382. The van der Waals surface area contributed by atoms with Crippen molar-refractivity contribution in [1.29, 1.82) is 0 Å². The van der Waals surface area contributed by atoms with Gasteiger partial charge in [-0.25, -0.2) is 0 Å². The number of rotatable bonds is 4. The fraction of sp³-hybridized carbons (Fsp3) is 0.571. The molecule has 0 aliphatic heterocycles. The highest BCUT2D eigenvalue weighted by Gasteiger charge is 2.41. The molecule has 0 amide bonds. The summed E-state index contributed by atoms with van der Waals surface area (Å²) in [5.74, 6) is 1.90. The average molecular weight is 280 g/mol. The SMILES string of the molecule is Cc1ccc(NC(C2CC2)C2CC2)cc1Br. The second-order valence-corrected chi connectivity index (χ2v) is 6.16. The van der Waals surface area contributed by atoms with Crippen LogP contribution in [0.3, 0.4) is 0 Å². The van der Waals surface area contributed by atoms with E-state index >= 15 is 0 Å². The van der Waals surface area contributed by atoms with Crippen molar-refractivity contribution in [2.45, 2.75) is 38.6 Å². The Balaban J connectivity index is 1.73. The van der Waals surface area contributed by atoms with E-state index < -0.39 is 0 Å². The molecule has 0 radical (unpaired) electrons. The van der Waals surface area contributed by atoms with Crippen LogP contribution in [0.15, 0.2) is 22.7 Å². The van der Waals surface area contributed by atoms with Crippen LogP contribution in [0.2, 0.25) is 0 Å². The van der Waals surface area contributed by atoms with Gasteiger partial charge < -0.3 is 5.32 Å². The third kappa shape index (κ3) is 2.27. The second kappa shape index (κ2) is 4.06. The van der Waals surface area contributed by atoms with Crippen LogP contribution >= 0.6 is 15.9 Å². The zero-order valence-electron chi connectivity index (χ0n) is 9.67. The van der Waals surface area contributed by atoms with Gasteiger partial charge in [0, 0.05) is 16.2 Å². The van der Waals surface area contributed by atoms with E-state index in [9.17, 15) is 0 Å². The summed E-state index contributed by atoms with van der Waals surface area (Å²) in [5.41, 5.74) is 2.58. The van der Waals surface area contributed by atoms with Crippen molar-refractivity contribution in [3.63, 3.8) is 0 Å². The first-order valence-electron chi connectivity index (χ1n) is 6.27. The highest BCUT2D eigenvalue weighted by molar-refractivity contribution is 9.10. The monoisotopic (exact) mass is 279 g/mol. The molecule has 0 heterocycles. The molecular formula is C14H18BrN. The van der Waals surface area contributed by atoms with Gasteiger partial charge in [-0.2, -0.15) is 0 Å². The van der Waals surface area contributed by atoms with Crippen LogP contribution in [0.25, 0.3) is 0 Å². The molecule has 0 bridgehead atoms. The van der Waals surface area contributed by atoms with Gasteiger partial charge in [0.1, 0.15) is 0 Å². The largest absolute Gasteiger partial charge is 0.382 e. The maximum Gasteiger partial charge on any atom is 0.0354 e. The molecule has 16 heavy (non-hydrogen) atoms. The van der Waals surface area contributed by atoms with Crippen molar-refractivity contribution < 1.29 is 0 Å². The third-order valence-electron chi connectivity index (χ3n) is 3.76. The summed E-state index contributed by atoms with van der Waals surface area (Å²) in [4.78, 5) is 0. The average Bonchev–Trinajstić information content (AvgIpc) is 3.14. The number of halogens is 1. The molecule has 2 saturated carbocycles. The lowest BCUT2D eigenvalue weighted by molar-refractivity contribution is 0.568. The van der Waals surface area contributed by atoms with Crippen molar-refractivity contribution in [2.24, 2.45) is 11.8 Å². The lowest BCUT2D eigenvalue weighted by Crippen LogP contribution is -2.24. The summed E-state index contributed by atoms with van der Waals surface area (Å²) in [6, 6.07) is 7.35. The molecule has 3 rings (SSSR count). The van der Waals surface area contributed by atoms with Gasteiger partial charge in [0.25, 0.3) is 0 Å². The Kier molecular flexibility index (Phi) is 2.70. The molecule has 2 aliphatic rings. The third-order valence-corrected chi connectivity index (χ3v) is 4.62. The quantitative estimate of drug-likeness (QED) is 0.864. The molecule has 86 valence electrons. The fourth-order valence-electron chi connectivity index (χ4n) is 2.41. The molecular weight excluding hydrogens is 262 g/mol. The van der Waals surface area contributed by atoms with Gasteiger partial charge in [0.05, 0.1) is 0 Å². The normalized spacial score (nSPS) is 20.2. The number of hydrogen-bond donors (Lipinski definition) is 1. The molecule has 0 saturated heterocycles. The van der Waals surface area contributed by atoms with Crippen molar-refractivity contribution in [2.75, 3.05) is 5.32 Å². The molecule has 2 fully saturated rings. The number of aryl methyl sites for hydroxylation is 1. The molecule has 1 N–H and O–H groups in total. The van der Waals surface area contributed by atoms with Gasteiger partial charge in [0.2, 0.25) is 0 Å². The van der Waals surface area contributed by atoms with Crippen molar-refractivity contribution in [1.82, 2.24) is 0 Å². The molecule has 0 atom stereocenters. The van der Waals surface area contributed by atoms with Crippen LogP contribution in [0, 0.1) is 18.8 Å². The second-order valence-electron chi connectivity index (χ2n) is 5.31. The zero-order valence-corrected chi connectivity index (χ0v) is 11.3. The zero-order chi connectivity index (χ0) is 11.1. The van der Waals surface area contributed by atoms with E-state index in [1.807, 2.05) is 0 Å². The summed E-state index contributed by atoms with van der Waals surface area (Å²) in [6.07, 6.45) is 5.73. The number of benzene rings is 1. The van der Waals surface area contributed by atoms with Gasteiger partial charge in [-0.05, 0) is 62.1 Å². The number of anilines is 1. The number of nitrogens with one attached hydrogen (secondary N) is 1. The molecule has 0 aromatic heterocycles. The summed E-state index contributed by atoms with van der Waals surface area (Å²) < 4.78 is 1.21. The van der Waals surface area contributed by atoms with Crippen molar-refractivity contribution >= 4 is 21.6 Å². The molecule has 1 aromatic carbocycles. The molecule has 2 aliphatic carbocycles. The predicted molar refractivity (Wildman–Crippen MR) is 71.7 cm³/mol. The van der Waals surface area contributed by atoms with Crippen LogP contribution in [-0.4, -0.2) is 6.04 Å². The molecule has 2 heteroatoms. The molecule has 1 nitrogen and oxygen atoms in total. The smallest absolute Gasteiger partial charge is 0.0354 e. The maximum atomic E-state index is 3.74. The maximum absolute atomic E-state index is 3.74. The van der Waals surface area contributed by atoms with Gasteiger partial charge in [-0.3, -0.25) is 0 Å². The van der Waals surface area contributed by atoms with Gasteiger partial charge in [-0.15, -0.1) is 0 Å². The summed E-state index contributed by atoms with van der Waals surface area (Å²) in [7, 11) is 0. The molecule has 1 aromatic rings. The Morgan fingerprint density at radius 3 is 2.31 bits per heavy atom. The minimum Gasteiger partial charge on any atom is -0.382 e. The standard InChI is InChI=1S/C14H18BrN/c1-9-2-7-12(8-13(9)15)16-14(10-3-4-10)11-5-6-11/h2,7-8,10-11,14,16H,3-6H2,1H3. The first-order valence-corrected chi connectivity index (χ1v) is 7.06. The number of hydrogen-bond acceptors (Lipinski definition) is 1. The van der Waals surface area contributed by atoms with Crippen LogP contribution in [-0.2, 0) is 0 Å². The van der Waals surface area contributed by atoms with E-state index in [-0.39, 0.29) is 0 Å². The van der Waals surface area contributed by atoms with E-state index in [1.54, 1.807) is 0 Å². The van der Waals surface area contributed by atoms with E-state index in [4.69, 9.17) is 0 Å². The predicted octanol–water partition coefficient (Wildman–Crippen LogP) is 4.36. The summed E-state index contributed by atoms with van der Waals surface area (Å²) >= 11 is 3.60. The van der Waals surface area contributed by atoms with E-state index in [0.717, 1.165) is 17.9 Å². The van der Waals surface area contributed by atoms with Crippen LogP contribution in [0.1, 0.15) is 31.2 Å².